The van der Waals surface area contributed by atoms with Crippen LogP contribution in [0.15, 0.2) is 24.3 Å². The fourth-order valence-electron chi connectivity index (χ4n) is 1.47. The molecule has 0 saturated carbocycles. The minimum atomic E-state index is -0.176. The van der Waals surface area contributed by atoms with Crippen molar-refractivity contribution in [2.45, 2.75) is 39.2 Å². The molecule has 0 unspecified atom stereocenters. The van der Waals surface area contributed by atoms with Crippen LogP contribution in [0.3, 0.4) is 0 Å². The van der Waals surface area contributed by atoms with E-state index < -0.39 is 0 Å². The van der Waals surface area contributed by atoms with Gasteiger partial charge < -0.3 is 9.84 Å². The van der Waals surface area contributed by atoms with Gasteiger partial charge in [-0.2, -0.15) is 0 Å². The lowest BCUT2D eigenvalue weighted by atomic mass is 10.1. The van der Waals surface area contributed by atoms with Crippen LogP contribution in [-0.2, 0) is 16.0 Å². The molecule has 0 fully saturated rings. The summed E-state index contributed by atoms with van der Waals surface area (Å²) in [6.45, 7) is 3.67. The largest absolute Gasteiger partial charge is 0.508 e. The van der Waals surface area contributed by atoms with Crippen molar-refractivity contribution in [2.75, 3.05) is 0 Å². The minimum Gasteiger partial charge on any atom is -0.508 e. The molecule has 0 saturated heterocycles. The molecule has 0 bridgehead atoms. The third-order valence-electron chi connectivity index (χ3n) is 2.19. The van der Waals surface area contributed by atoms with Gasteiger partial charge in [-0.1, -0.05) is 18.2 Å². The number of esters is 1. The summed E-state index contributed by atoms with van der Waals surface area (Å²) in [4.78, 5) is 11.2. The molecule has 0 radical (unpaired) electrons. The number of hydrogen-bond donors (Lipinski definition) is 1. The predicted octanol–water partition coefficient (Wildman–Crippen LogP) is 2.67. The zero-order valence-electron chi connectivity index (χ0n) is 9.77. The first kappa shape index (κ1) is 12.6. The van der Waals surface area contributed by atoms with Gasteiger partial charge in [-0.15, -0.1) is 0 Å². The molecule has 88 valence electrons. The molecular weight excluding hydrogens is 204 g/mol. The van der Waals surface area contributed by atoms with Crippen LogP contribution in [0.2, 0.25) is 0 Å². The van der Waals surface area contributed by atoms with E-state index in [0.717, 1.165) is 5.56 Å². The molecule has 0 aliphatic carbocycles. The fourth-order valence-corrected chi connectivity index (χ4v) is 1.47. The zero-order chi connectivity index (χ0) is 12.0. The molecule has 0 heterocycles. The van der Waals surface area contributed by atoms with Gasteiger partial charge in [0.2, 0.25) is 0 Å². The Bertz CT molecular complexity index is 345. The number of carbonyl (C=O) groups excluding carboxylic acids is 1. The molecule has 3 heteroatoms. The van der Waals surface area contributed by atoms with E-state index in [9.17, 15) is 9.90 Å². The molecule has 0 aromatic heterocycles. The van der Waals surface area contributed by atoms with Gasteiger partial charge in [-0.3, -0.25) is 4.79 Å². The number of phenols is 1. The standard InChI is InChI=1S/C13H18O3/c1-10(2)16-13(15)9-5-7-11-6-3-4-8-12(11)14/h3-4,6,8,10,14H,5,7,9H2,1-2H3. The Balaban J connectivity index is 2.31. The average molecular weight is 222 g/mol. The van der Waals surface area contributed by atoms with E-state index in [2.05, 4.69) is 0 Å². The number of rotatable bonds is 5. The highest BCUT2D eigenvalue weighted by Crippen LogP contribution is 2.17. The first-order chi connectivity index (χ1) is 7.59. The summed E-state index contributed by atoms with van der Waals surface area (Å²) in [6, 6.07) is 7.18. The van der Waals surface area contributed by atoms with Gasteiger partial charge in [0, 0.05) is 6.42 Å². The maximum Gasteiger partial charge on any atom is 0.306 e. The smallest absolute Gasteiger partial charge is 0.306 e. The highest BCUT2D eigenvalue weighted by atomic mass is 16.5. The Kier molecular flexibility index (Phi) is 4.83. The lowest BCUT2D eigenvalue weighted by Crippen LogP contribution is -2.11. The predicted molar refractivity (Wildman–Crippen MR) is 62.3 cm³/mol. The molecule has 0 spiro atoms. The summed E-state index contributed by atoms with van der Waals surface area (Å²) in [6.07, 6.45) is 1.73. The van der Waals surface area contributed by atoms with Crippen LogP contribution in [-0.4, -0.2) is 17.2 Å². The molecule has 1 aromatic carbocycles. The second kappa shape index (κ2) is 6.16. The van der Waals surface area contributed by atoms with Gasteiger partial charge in [0.15, 0.2) is 0 Å². The van der Waals surface area contributed by atoms with Crippen LogP contribution in [0.4, 0.5) is 0 Å². The summed E-state index contributed by atoms with van der Waals surface area (Å²) < 4.78 is 5.02. The first-order valence-electron chi connectivity index (χ1n) is 5.56. The highest BCUT2D eigenvalue weighted by molar-refractivity contribution is 5.69. The van der Waals surface area contributed by atoms with Crippen molar-refractivity contribution < 1.29 is 14.6 Å². The van der Waals surface area contributed by atoms with E-state index in [1.165, 1.54) is 0 Å². The maximum absolute atomic E-state index is 11.2. The number of para-hydroxylation sites is 1. The van der Waals surface area contributed by atoms with E-state index in [1.807, 2.05) is 26.0 Å². The highest BCUT2D eigenvalue weighted by Gasteiger charge is 2.06. The Morgan fingerprint density at radius 3 is 2.69 bits per heavy atom. The zero-order valence-corrected chi connectivity index (χ0v) is 9.77. The Morgan fingerprint density at radius 2 is 2.06 bits per heavy atom. The van der Waals surface area contributed by atoms with E-state index >= 15 is 0 Å². The van der Waals surface area contributed by atoms with Crippen LogP contribution in [0.5, 0.6) is 5.75 Å². The molecular formula is C13H18O3. The van der Waals surface area contributed by atoms with Gasteiger partial charge in [-0.05, 0) is 38.3 Å². The number of benzene rings is 1. The molecule has 3 nitrogen and oxygen atoms in total. The van der Waals surface area contributed by atoms with Crippen molar-refractivity contribution in [3.05, 3.63) is 29.8 Å². The number of carbonyl (C=O) groups is 1. The summed E-state index contributed by atoms with van der Waals surface area (Å²) in [5.74, 6) is 0.116. The summed E-state index contributed by atoms with van der Waals surface area (Å²) in [5.41, 5.74) is 0.875. The van der Waals surface area contributed by atoms with Crippen molar-refractivity contribution >= 4 is 5.97 Å². The van der Waals surface area contributed by atoms with E-state index in [-0.39, 0.29) is 12.1 Å². The second-order valence-electron chi connectivity index (χ2n) is 4.02. The molecule has 1 N–H and O–H groups in total. The lowest BCUT2D eigenvalue weighted by molar-refractivity contribution is -0.147. The van der Waals surface area contributed by atoms with Gasteiger partial charge in [0.25, 0.3) is 0 Å². The fraction of sp³-hybridized carbons (Fsp3) is 0.462. The van der Waals surface area contributed by atoms with Gasteiger partial charge >= 0.3 is 5.97 Å². The van der Waals surface area contributed by atoms with Crippen molar-refractivity contribution in [1.29, 1.82) is 0 Å². The molecule has 0 aliphatic rings. The Hall–Kier alpha value is -1.51. The third kappa shape index (κ3) is 4.34. The molecule has 16 heavy (non-hydrogen) atoms. The lowest BCUT2D eigenvalue weighted by Gasteiger charge is -2.08. The number of phenolic OH excluding ortho intramolecular Hbond substituents is 1. The number of aromatic hydroxyl groups is 1. The molecule has 0 atom stereocenters. The van der Waals surface area contributed by atoms with E-state index in [1.54, 1.807) is 12.1 Å². The maximum atomic E-state index is 11.2. The number of aryl methyl sites for hydroxylation is 1. The van der Waals surface area contributed by atoms with Crippen molar-refractivity contribution in [3.8, 4) is 5.75 Å². The van der Waals surface area contributed by atoms with E-state index in [4.69, 9.17) is 4.74 Å². The third-order valence-corrected chi connectivity index (χ3v) is 2.19. The van der Waals surface area contributed by atoms with Crippen molar-refractivity contribution in [1.82, 2.24) is 0 Å². The number of ether oxygens (including phenoxy) is 1. The van der Waals surface area contributed by atoms with E-state index in [0.29, 0.717) is 25.0 Å². The summed E-state index contributed by atoms with van der Waals surface area (Å²) in [7, 11) is 0. The molecule has 1 rings (SSSR count). The average Bonchev–Trinajstić information content (AvgIpc) is 2.19. The molecule has 0 amide bonds. The number of hydrogen-bond acceptors (Lipinski definition) is 3. The Morgan fingerprint density at radius 1 is 1.38 bits per heavy atom. The second-order valence-corrected chi connectivity index (χ2v) is 4.02. The minimum absolute atomic E-state index is 0.0578. The SMILES string of the molecule is CC(C)OC(=O)CCCc1ccccc1O. The molecule has 0 aliphatic heterocycles. The Labute approximate surface area is 96.1 Å². The van der Waals surface area contributed by atoms with Gasteiger partial charge in [-0.25, -0.2) is 0 Å². The first-order valence-corrected chi connectivity index (χ1v) is 5.56. The quantitative estimate of drug-likeness (QED) is 0.779. The molecule has 1 aromatic rings. The topological polar surface area (TPSA) is 46.5 Å². The van der Waals surface area contributed by atoms with Crippen LogP contribution < -0.4 is 0 Å². The monoisotopic (exact) mass is 222 g/mol. The van der Waals surface area contributed by atoms with Crippen LogP contribution in [0.1, 0.15) is 32.3 Å². The summed E-state index contributed by atoms with van der Waals surface area (Å²) in [5, 5.41) is 9.50. The van der Waals surface area contributed by atoms with Crippen molar-refractivity contribution in [3.63, 3.8) is 0 Å². The normalized spacial score (nSPS) is 10.4. The van der Waals surface area contributed by atoms with Gasteiger partial charge in [0.1, 0.15) is 5.75 Å². The van der Waals surface area contributed by atoms with Crippen LogP contribution >= 0.6 is 0 Å². The van der Waals surface area contributed by atoms with Crippen LogP contribution in [0.25, 0.3) is 0 Å². The van der Waals surface area contributed by atoms with Crippen molar-refractivity contribution in [2.24, 2.45) is 0 Å². The van der Waals surface area contributed by atoms with Gasteiger partial charge in [0.05, 0.1) is 6.10 Å². The summed E-state index contributed by atoms with van der Waals surface area (Å²) >= 11 is 0. The van der Waals surface area contributed by atoms with Crippen LogP contribution in [0, 0.1) is 0 Å².